The maximum atomic E-state index is 12.6. The Morgan fingerprint density at radius 1 is 0.879 bits per heavy atom. The highest BCUT2D eigenvalue weighted by molar-refractivity contribution is 6.05. The fourth-order valence-electron chi connectivity index (χ4n) is 3.20. The summed E-state index contributed by atoms with van der Waals surface area (Å²) in [7, 11) is 0. The molecule has 5 heteroatoms. The lowest BCUT2D eigenvalue weighted by molar-refractivity contribution is -0.111. The SMILES string of the molecule is CCOc1ccc(/C=C/C(=O)Nc2cccc(NC(=O)c3ccc(C(C)(C)C)cc3)c2)cc1. The molecule has 0 aliphatic carbocycles. The molecule has 170 valence electrons. The number of benzene rings is 3. The molecule has 5 nitrogen and oxygen atoms in total. The summed E-state index contributed by atoms with van der Waals surface area (Å²) in [6, 6.07) is 22.2. The second-order valence-corrected chi connectivity index (χ2v) is 8.69. The normalized spacial score (nSPS) is 11.3. The van der Waals surface area contributed by atoms with Crippen LogP contribution in [0.25, 0.3) is 6.08 Å². The van der Waals surface area contributed by atoms with Crippen molar-refractivity contribution in [2.75, 3.05) is 17.2 Å². The van der Waals surface area contributed by atoms with Crippen LogP contribution in [-0.2, 0) is 10.2 Å². The van der Waals surface area contributed by atoms with E-state index in [4.69, 9.17) is 4.74 Å². The third kappa shape index (κ3) is 7.07. The minimum Gasteiger partial charge on any atom is -0.494 e. The van der Waals surface area contributed by atoms with Crippen LogP contribution in [0, 0.1) is 0 Å². The van der Waals surface area contributed by atoms with E-state index < -0.39 is 0 Å². The fraction of sp³-hybridized carbons (Fsp3) is 0.214. The van der Waals surface area contributed by atoms with Gasteiger partial charge in [-0.05, 0) is 72.0 Å². The van der Waals surface area contributed by atoms with Gasteiger partial charge in [0.2, 0.25) is 5.91 Å². The number of hydrogen-bond acceptors (Lipinski definition) is 3. The minimum atomic E-state index is -0.259. The molecule has 33 heavy (non-hydrogen) atoms. The molecule has 3 aromatic rings. The Bertz CT molecular complexity index is 1130. The highest BCUT2D eigenvalue weighted by atomic mass is 16.5. The van der Waals surface area contributed by atoms with Gasteiger partial charge in [0.05, 0.1) is 6.61 Å². The van der Waals surface area contributed by atoms with E-state index in [0.717, 1.165) is 11.3 Å². The second kappa shape index (κ2) is 10.6. The van der Waals surface area contributed by atoms with Crippen molar-refractivity contribution < 1.29 is 14.3 Å². The smallest absolute Gasteiger partial charge is 0.255 e. The van der Waals surface area contributed by atoms with E-state index in [-0.39, 0.29) is 17.2 Å². The van der Waals surface area contributed by atoms with Crippen molar-refractivity contribution >= 4 is 29.3 Å². The van der Waals surface area contributed by atoms with Crippen LogP contribution in [0.5, 0.6) is 5.75 Å². The average molecular weight is 443 g/mol. The number of carbonyl (C=O) groups excluding carboxylic acids is 2. The lowest BCUT2D eigenvalue weighted by Gasteiger charge is -2.19. The average Bonchev–Trinajstić information content (AvgIpc) is 2.78. The van der Waals surface area contributed by atoms with Crippen LogP contribution in [0.3, 0.4) is 0 Å². The number of anilines is 2. The van der Waals surface area contributed by atoms with Crippen LogP contribution in [0.2, 0.25) is 0 Å². The Balaban J connectivity index is 1.59. The van der Waals surface area contributed by atoms with Gasteiger partial charge in [0.15, 0.2) is 0 Å². The van der Waals surface area contributed by atoms with Gasteiger partial charge in [-0.3, -0.25) is 9.59 Å². The van der Waals surface area contributed by atoms with Gasteiger partial charge in [-0.2, -0.15) is 0 Å². The Morgan fingerprint density at radius 3 is 2.12 bits per heavy atom. The molecule has 0 bridgehead atoms. The van der Waals surface area contributed by atoms with Crippen molar-refractivity contribution in [3.05, 3.63) is 95.6 Å². The molecule has 0 aliphatic heterocycles. The zero-order valence-corrected chi connectivity index (χ0v) is 19.5. The molecular formula is C28H30N2O3. The van der Waals surface area contributed by atoms with Gasteiger partial charge < -0.3 is 15.4 Å². The molecule has 0 unspecified atom stereocenters. The van der Waals surface area contributed by atoms with E-state index in [9.17, 15) is 9.59 Å². The van der Waals surface area contributed by atoms with Crippen LogP contribution in [0.4, 0.5) is 11.4 Å². The lowest BCUT2D eigenvalue weighted by Crippen LogP contribution is -2.14. The summed E-state index contributed by atoms with van der Waals surface area (Å²) < 4.78 is 5.42. The van der Waals surface area contributed by atoms with Gasteiger partial charge in [-0.1, -0.05) is 51.1 Å². The van der Waals surface area contributed by atoms with Gasteiger partial charge >= 0.3 is 0 Å². The molecule has 0 fully saturated rings. The van der Waals surface area contributed by atoms with Crippen LogP contribution >= 0.6 is 0 Å². The predicted octanol–water partition coefficient (Wildman–Crippen LogP) is 6.29. The number of rotatable bonds is 7. The first kappa shape index (κ1) is 23.8. The summed E-state index contributed by atoms with van der Waals surface area (Å²) >= 11 is 0. The first-order chi connectivity index (χ1) is 15.7. The van der Waals surface area contributed by atoms with E-state index in [1.807, 2.05) is 55.5 Å². The van der Waals surface area contributed by atoms with Crippen molar-refractivity contribution in [1.29, 1.82) is 0 Å². The van der Waals surface area contributed by atoms with Crippen molar-refractivity contribution in [3.8, 4) is 5.75 Å². The molecule has 0 aromatic heterocycles. The Hall–Kier alpha value is -3.86. The molecule has 3 rings (SSSR count). The quantitative estimate of drug-likeness (QED) is 0.423. The molecule has 2 amide bonds. The Kier molecular flexibility index (Phi) is 7.67. The number of carbonyl (C=O) groups is 2. The highest BCUT2D eigenvalue weighted by Gasteiger charge is 2.14. The molecule has 3 aromatic carbocycles. The largest absolute Gasteiger partial charge is 0.494 e. The van der Waals surface area contributed by atoms with Crippen molar-refractivity contribution in [2.45, 2.75) is 33.1 Å². The zero-order chi connectivity index (χ0) is 23.8. The van der Waals surface area contributed by atoms with Crippen LogP contribution in [-0.4, -0.2) is 18.4 Å². The van der Waals surface area contributed by atoms with Crippen LogP contribution < -0.4 is 15.4 Å². The highest BCUT2D eigenvalue weighted by Crippen LogP contribution is 2.23. The third-order valence-corrected chi connectivity index (χ3v) is 5.02. The second-order valence-electron chi connectivity index (χ2n) is 8.69. The summed E-state index contributed by atoms with van der Waals surface area (Å²) in [5.74, 6) is 0.336. The van der Waals surface area contributed by atoms with E-state index >= 15 is 0 Å². The van der Waals surface area contributed by atoms with E-state index in [1.54, 1.807) is 30.3 Å². The molecule has 0 radical (unpaired) electrons. The van der Waals surface area contributed by atoms with Crippen LogP contribution in [0.1, 0.15) is 49.2 Å². The minimum absolute atomic E-state index is 0.0307. The standard InChI is InChI=1S/C28H30N2O3/c1-5-33-25-16-9-20(10-17-25)11-18-26(31)29-23-7-6-8-24(19-23)30-27(32)21-12-14-22(15-13-21)28(2,3)4/h6-19H,5H2,1-4H3,(H,29,31)(H,30,32)/b18-11+. The first-order valence-electron chi connectivity index (χ1n) is 11.0. The molecule has 0 atom stereocenters. The molecule has 0 heterocycles. The summed E-state index contributed by atoms with van der Waals surface area (Å²) in [5.41, 5.74) is 3.87. The van der Waals surface area contributed by atoms with E-state index in [2.05, 4.69) is 31.4 Å². The number of hydrogen-bond donors (Lipinski definition) is 2. The lowest BCUT2D eigenvalue weighted by atomic mass is 9.87. The number of nitrogens with one attached hydrogen (secondary N) is 2. The maximum Gasteiger partial charge on any atom is 0.255 e. The van der Waals surface area contributed by atoms with Gasteiger partial charge in [-0.15, -0.1) is 0 Å². The van der Waals surface area contributed by atoms with Crippen molar-refractivity contribution in [3.63, 3.8) is 0 Å². The van der Waals surface area contributed by atoms with Gasteiger partial charge in [0, 0.05) is 23.0 Å². The summed E-state index contributed by atoms with van der Waals surface area (Å²) in [6.07, 6.45) is 3.20. The number of amides is 2. The summed E-state index contributed by atoms with van der Waals surface area (Å²) in [4.78, 5) is 24.9. The van der Waals surface area contributed by atoms with Crippen molar-refractivity contribution in [2.24, 2.45) is 0 Å². The molecule has 0 saturated carbocycles. The number of ether oxygens (including phenoxy) is 1. The molecular weight excluding hydrogens is 412 g/mol. The molecule has 0 saturated heterocycles. The Labute approximate surface area is 195 Å². The van der Waals surface area contributed by atoms with Crippen molar-refractivity contribution in [1.82, 2.24) is 0 Å². The van der Waals surface area contributed by atoms with Crippen LogP contribution in [0.15, 0.2) is 78.9 Å². The molecule has 2 N–H and O–H groups in total. The Morgan fingerprint density at radius 2 is 1.52 bits per heavy atom. The summed E-state index contributed by atoms with van der Waals surface area (Å²) in [5, 5.41) is 5.70. The van der Waals surface area contributed by atoms with E-state index in [0.29, 0.717) is 23.5 Å². The predicted molar refractivity (Wildman–Crippen MR) is 135 cm³/mol. The fourth-order valence-corrected chi connectivity index (χ4v) is 3.20. The van der Waals surface area contributed by atoms with Gasteiger partial charge in [-0.25, -0.2) is 0 Å². The maximum absolute atomic E-state index is 12.6. The molecule has 0 spiro atoms. The van der Waals surface area contributed by atoms with Gasteiger partial charge in [0.1, 0.15) is 5.75 Å². The summed E-state index contributed by atoms with van der Waals surface area (Å²) in [6.45, 7) is 8.95. The topological polar surface area (TPSA) is 67.4 Å². The molecule has 0 aliphatic rings. The van der Waals surface area contributed by atoms with Gasteiger partial charge in [0.25, 0.3) is 5.91 Å². The third-order valence-electron chi connectivity index (χ3n) is 5.02. The zero-order valence-electron chi connectivity index (χ0n) is 19.5. The first-order valence-corrected chi connectivity index (χ1v) is 11.0. The monoisotopic (exact) mass is 442 g/mol. The van der Waals surface area contributed by atoms with E-state index in [1.165, 1.54) is 11.6 Å².